The highest BCUT2D eigenvalue weighted by molar-refractivity contribution is 5.92. The zero-order chi connectivity index (χ0) is 27.9. The van der Waals surface area contributed by atoms with Crippen LogP contribution in [0.3, 0.4) is 0 Å². The first-order chi connectivity index (χ1) is 19.5. The minimum atomic E-state index is -0.997. The molecular weight excluding hydrogens is 510 g/mol. The molecule has 0 spiro atoms. The third-order valence-electron chi connectivity index (χ3n) is 8.25. The Morgan fingerprint density at radius 3 is 2.30 bits per heavy atom. The molecule has 2 aromatic carbocycles. The molecule has 3 aliphatic heterocycles. The van der Waals surface area contributed by atoms with Crippen LogP contribution in [0.15, 0.2) is 48.5 Å². The van der Waals surface area contributed by atoms with Crippen molar-refractivity contribution in [3.63, 3.8) is 0 Å². The molecule has 0 unspecified atom stereocenters. The van der Waals surface area contributed by atoms with E-state index in [-0.39, 0.29) is 37.6 Å². The number of hydrogen-bond acceptors (Lipinski definition) is 7. The molecule has 0 bridgehead atoms. The molecule has 4 atom stereocenters. The van der Waals surface area contributed by atoms with Crippen LogP contribution in [0.4, 0.5) is 5.69 Å². The Balaban J connectivity index is 1.28. The van der Waals surface area contributed by atoms with Crippen molar-refractivity contribution in [1.82, 2.24) is 9.80 Å². The number of benzene rings is 2. The summed E-state index contributed by atoms with van der Waals surface area (Å²) in [6, 6.07) is 15.8. The number of ether oxygens (including phenoxy) is 2. The van der Waals surface area contributed by atoms with Gasteiger partial charge in [0, 0.05) is 43.2 Å². The minimum Gasteiger partial charge on any atom is -0.481 e. The fourth-order valence-electron chi connectivity index (χ4n) is 6.07. The van der Waals surface area contributed by atoms with Gasteiger partial charge in [0.1, 0.15) is 0 Å². The van der Waals surface area contributed by atoms with E-state index < -0.39 is 12.3 Å². The monoisotopic (exact) mass is 551 g/mol. The Hall–Kier alpha value is -2.82. The maximum absolute atomic E-state index is 12.0. The van der Waals surface area contributed by atoms with E-state index in [9.17, 15) is 14.7 Å². The summed E-state index contributed by atoms with van der Waals surface area (Å²) in [6.45, 7) is 5.52. The third kappa shape index (κ3) is 7.67. The second kappa shape index (κ2) is 13.7. The smallest absolute Gasteiger partial charge is 0.303 e. The van der Waals surface area contributed by atoms with Crippen molar-refractivity contribution in [3.05, 3.63) is 65.2 Å². The van der Waals surface area contributed by atoms with Gasteiger partial charge in [0.2, 0.25) is 5.91 Å². The molecule has 40 heavy (non-hydrogen) atoms. The molecule has 1 amide bonds. The first kappa shape index (κ1) is 28.7. The highest BCUT2D eigenvalue weighted by atomic mass is 16.7. The third-order valence-corrected chi connectivity index (χ3v) is 8.25. The largest absolute Gasteiger partial charge is 0.481 e. The molecule has 2 aromatic rings. The van der Waals surface area contributed by atoms with Crippen LogP contribution in [0.1, 0.15) is 74.0 Å². The molecule has 0 radical (unpaired) electrons. The quantitative estimate of drug-likeness (QED) is 0.383. The number of carbonyl (C=O) groups excluding carboxylic acids is 1. The first-order valence-corrected chi connectivity index (χ1v) is 14.6. The Morgan fingerprint density at radius 1 is 0.875 bits per heavy atom. The second-order valence-electron chi connectivity index (χ2n) is 11.2. The predicted molar refractivity (Wildman–Crippen MR) is 151 cm³/mol. The maximum atomic E-state index is 12.0. The molecule has 216 valence electrons. The first-order valence-electron chi connectivity index (χ1n) is 14.6. The van der Waals surface area contributed by atoms with Crippen molar-refractivity contribution in [1.29, 1.82) is 0 Å². The number of nitrogens with one attached hydrogen (secondary N) is 1. The summed E-state index contributed by atoms with van der Waals surface area (Å²) in [6.07, 6.45) is 4.83. The number of likely N-dealkylation sites (tertiary alicyclic amines) is 2. The summed E-state index contributed by atoms with van der Waals surface area (Å²) < 4.78 is 13.0. The van der Waals surface area contributed by atoms with Gasteiger partial charge >= 0.3 is 5.97 Å². The lowest BCUT2D eigenvalue weighted by atomic mass is 9.99. The van der Waals surface area contributed by atoms with Gasteiger partial charge in [-0.15, -0.1) is 0 Å². The van der Waals surface area contributed by atoms with Crippen LogP contribution in [0.5, 0.6) is 0 Å². The zero-order valence-corrected chi connectivity index (χ0v) is 23.0. The zero-order valence-electron chi connectivity index (χ0n) is 23.0. The van der Waals surface area contributed by atoms with E-state index in [1.807, 2.05) is 36.4 Å². The standard InChI is InChI=1S/C31H41N3O6/c35-21-22-5-7-23(8-6-22)28-18-27(20-34-17-3-4-26(34)19-33-15-1-2-16-33)39-31(40-28)24-9-11-25(12-10-24)32-29(36)13-14-30(37)38/h5-12,26-28,31,35H,1-4,13-21H2,(H,32,36)(H,37,38)/t26-,27+,28-,31-/m0/s1. The normalized spacial score (nSPS) is 25.7. The average Bonchev–Trinajstić information content (AvgIpc) is 3.65. The number of amides is 1. The number of carboxylic acids is 1. The van der Waals surface area contributed by atoms with Gasteiger partial charge in [-0.3, -0.25) is 14.5 Å². The summed E-state index contributed by atoms with van der Waals surface area (Å²) in [5, 5.41) is 21.0. The van der Waals surface area contributed by atoms with E-state index in [1.54, 1.807) is 12.1 Å². The van der Waals surface area contributed by atoms with E-state index >= 15 is 0 Å². The summed E-state index contributed by atoms with van der Waals surface area (Å²) in [5.41, 5.74) is 3.39. The predicted octanol–water partition coefficient (Wildman–Crippen LogP) is 4.09. The Kier molecular flexibility index (Phi) is 9.83. The number of hydrogen-bond donors (Lipinski definition) is 3. The van der Waals surface area contributed by atoms with Crippen molar-refractivity contribution in [2.24, 2.45) is 0 Å². The highest BCUT2D eigenvalue weighted by Crippen LogP contribution is 2.39. The van der Waals surface area contributed by atoms with Gasteiger partial charge in [-0.2, -0.15) is 0 Å². The summed E-state index contributed by atoms with van der Waals surface area (Å²) in [5.74, 6) is -1.33. The highest BCUT2D eigenvalue weighted by Gasteiger charge is 2.36. The van der Waals surface area contributed by atoms with Crippen LogP contribution in [0.25, 0.3) is 0 Å². The van der Waals surface area contributed by atoms with Gasteiger partial charge in [-0.05, 0) is 68.6 Å². The second-order valence-corrected chi connectivity index (χ2v) is 11.2. The van der Waals surface area contributed by atoms with Gasteiger partial charge in [-0.1, -0.05) is 36.4 Å². The van der Waals surface area contributed by atoms with Crippen molar-refractivity contribution in [2.45, 2.75) is 76.1 Å². The van der Waals surface area contributed by atoms with E-state index in [1.165, 1.54) is 38.8 Å². The van der Waals surface area contributed by atoms with Crippen LogP contribution in [-0.4, -0.2) is 76.8 Å². The van der Waals surface area contributed by atoms with Crippen LogP contribution >= 0.6 is 0 Å². The molecule has 3 heterocycles. The molecule has 9 nitrogen and oxygen atoms in total. The summed E-state index contributed by atoms with van der Waals surface area (Å²) in [7, 11) is 0. The molecule has 0 aliphatic carbocycles. The number of aliphatic carboxylic acids is 1. The number of rotatable bonds is 11. The summed E-state index contributed by atoms with van der Waals surface area (Å²) >= 11 is 0. The number of aliphatic hydroxyl groups excluding tert-OH is 1. The fourth-order valence-corrected chi connectivity index (χ4v) is 6.07. The van der Waals surface area contributed by atoms with Crippen molar-refractivity contribution < 1.29 is 29.3 Å². The van der Waals surface area contributed by atoms with Crippen molar-refractivity contribution in [3.8, 4) is 0 Å². The number of nitrogens with zero attached hydrogens (tertiary/aromatic N) is 2. The molecule has 9 heteroatoms. The average molecular weight is 552 g/mol. The van der Waals surface area contributed by atoms with E-state index in [0.717, 1.165) is 42.7 Å². The summed E-state index contributed by atoms with van der Waals surface area (Å²) in [4.78, 5) is 28.0. The van der Waals surface area contributed by atoms with Crippen molar-refractivity contribution in [2.75, 3.05) is 38.0 Å². The number of anilines is 1. The topological polar surface area (TPSA) is 112 Å². The molecule has 5 rings (SSSR count). The van der Waals surface area contributed by atoms with Crippen LogP contribution < -0.4 is 5.32 Å². The Bertz CT molecular complexity index is 1120. The molecule has 3 aliphatic rings. The Morgan fingerprint density at radius 2 is 1.60 bits per heavy atom. The Labute approximate surface area is 236 Å². The SMILES string of the molecule is O=C(O)CCC(=O)Nc1ccc([C@H]2O[C@@H](CN3CCC[C@H]3CN3CCCC3)C[C@@H](c3ccc(CO)cc3)O2)cc1. The van der Waals surface area contributed by atoms with E-state index in [2.05, 4.69) is 15.1 Å². The molecule has 3 N–H and O–H groups in total. The molecular formula is C31H41N3O6. The van der Waals surface area contributed by atoms with Gasteiger partial charge < -0.3 is 29.9 Å². The molecule has 3 fully saturated rings. The van der Waals surface area contributed by atoms with Crippen LogP contribution in [0.2, 0.25) is 0 Å². The fraction of sp³-hybridized carbons (Fsp3) is 0.548. The maximum Gasteiger partial charge on any atom is 0.303 e. The van der Waals surface area contributed by atoms with Gasteiger partial charge in [0.25, 0.3) is 0 Å². The van der Waals surface area contributed by atoms with Gasteiger partial charge in [0.05, 0.1) is 25.2 Å². The van der Waals surface area contributed by atoms with Crippen LogP contribution in [0, 0.1) is 0 Å². The number of carbonyl (C=O) groups is 2. The minimum absolute atomic E-state index is 0.00385. The van der Waals surface area contributed by atoms with E-state index in [4.69, 9.17) is 14.6 Å². The van der Waals surface area contributed by atoms with Crippen molar-refractivity contribution >= 4 is 17.6 Å². The number of carboxylic acid groups (broad SMARTS) is 1. The lowest BCUT2D eigenvalue weighted by molar-refractivity contribution is -0.253. The molecule has 3 saturated heterocycles. The van der Waals surface area contributed by atoms with Gasteiger partial charge in [-0.25, -0.2) is 0 Å². The number of aliphatic hydroxyl groups is 1. The van der Waals surface area contributed by atoms with Gasteiger partial charge in [0.15, 0.2) is 6.29 Å². The van der Waals surface area contributed by atoms with Crippen LogP contribution in [-0.2, 0) is 25.7 Å². The lowest BCUT2D eigenvalue weighted by Gasteiger charge is -2.39. The van der Waals surface area contributed by atoms with E-state index in [0.29, 0.717) is 11.7 Å². The lowest BCUT2D eigenvalue weighted by Crippen LogP contribution is -2.45. The molecule has 0 saturated carbocycles. The molecule has 0 aromatic heterocycles.